The summed E-state index contributed by atoms with van der Waals surface area (Å²) < 4.78 is 4.78. The van der Waals surface area contributed by atoms with Crippen LogP contribution in [0.5, 0.6) is 0 Å². The zero-order valence-corrected chi connectivity index (χ0v) is 7.28. The molecule has 0 fully saturated rings. The van der Waals surface area contributed by atoms with Gasteiger partial charge in [-0.1, -0.05) is 0 Å². The highest BCUT2D eigenvalue weighted by Gasteiger charge is 2.10. The monoisotopic (exact) mass is 196 g/mol. The first-order chi connectivity index (χ1) is 5.56. The summed E-state index contributed by atoms with van der Waals surface area (Å²) in [4.78, 5) is 10.1. The molecule has 0 aliphatic heterocycles. The van der Waals surface area contributed by atoms with Crippen LogP contribution in [-0.2, 0) is 9.53 Å². The molecule has 6 heteroatoms. The average molecular weight is 196 g/mol. The number of aliphatic hydroxyl groups is 2. The largest absolute Gasteiger partial charge is 0.481 e. The van der Waals surface area contributed by atoms with E-state index in [9.17, 15) is 4.79 Å². The summed E-state index contributed by atoms with van der Waals surface area (Å²) in [7, 11) is 0. The molecule has 5 nitrogen and oxygen atoms in total. The standard InChI is InChI=1S/C6H12O5S/c7-2-4(8)3-11-6(12)1-5(9)10/h4,6-8,12H,1-3H2,(H,9,10). The summed E-state index contributed by atoms with van der Waals surface area (Å²) >= 11 is 3.79. The number of carboxylic acid groups (broad SMARTS) is 1. The summed E-state index contributed by atoms with van der Waals surface area (Å²) in [5.74, 6) is -1.02. The Morgan fingerprint density at radius 1 is 1.58 bits per heavy atom. The molecule has 0 aromatic rings. The van der Waals surface area contributed by atoms with Crippen molar-refractivity contribution in [1.82, 2.24) is 0 Å². The van der Waals surface area contributed by atoms with Gasteiger partial charge in [0.15, 0.2) is 0 Å². The van der Waals surface area contributed by atoms with Crippen LogP contribution in [0.25, 0.3) is 0 Å². The molecule has 3 N–H and O–H groups in total. The van der Waals surface area contributed by atoms with E-state index in [0.717, 1.165) is 0 Å². The number of thiol groups is 1. The quantitative estimate of drug-likeness (QED) is 0.326. The minimum absolute atomic E-state index is 0.113. The molecular formula is C6H12O5S. The van der Waals surface area contributed by atoms with E-state index >= 15 is 0 Å². The van der Waals surface area contributed by atoms with Gasteiger partial charge in [0.1, 0.15) is 11.5 Å². The number of aliphatic hydroxyl groups excluding tert-OH is 2. The second-order valence-corrected chi connectivity index (χ2v) is 2.80. The van der Waals surface area contributed by atoms with Crippen molar-refractivity contribution in [2.75, 3.05) is 13.2 Å². The van der Waals surface area contributed by atoms with Crippen molar-refractivity contribution in [2.24, 2.45) is 0 Å². The van der Waals surface area contributed by atoms with Crippen LogP contribution in [0.1, 0.15) is 6.42 Å². The minimum Gasteiger partial charge on any atom is -0.481 e. The van der Waals surface area contributed by atoms with E-state index < -0.39 is 24.1 Å². The molecule has 2 atom stereocenters. The first-order valence-corrected chi connectivity index (χ1v) is 3.88. The summed E-state index contributed by atoms with van der Waals surface area (Å²) in [6, 6.07) is 0. The highest BCUT2D eigenvalue weighted by molar-refractivity contribution is 7.80. The fourth-order valence-electron chi connectivity index (χ4n) is 0.483. The lowest BCUT2D eigenvalue weighted by Gasteiger charge is -2.12. The van der Waals surface area contributed by atoms with E-state index in [0.29, 0.717) is 0 Å². The lowest BCUT2D eigenvalue weighted by atomic mass is 10.4. The molecule has 0 rings (SSSR count). The zero-order valence-electron chi connectivity index (χ0n) is 6.38. The van der Waals surface area contributed by atoms with Crippen LogP contribution >= 0.6 is 12.6 Å². The highest BCUT2D eigenvalue weighted by atomic mass is 32.1. The molecule has 0 spiro atoms. The summed E-state index contributed by atoms with van der Waals surface area (Å²) in [5, 5.41) is 25.4. The van der Waals surface area contributed by atoms with Crippen LogP contribution in [0.15, 0.2) is 0 Å². The van der Waals surface area contributed by atoms with Crippen molar-refractivity contribution in [2.45, 2.75) is 18.0 Å². The van der Waals surface area contributed by atoms with Crippen LogP contribution in [0.4, 0.5) is 0 Å². The van der Waals surface area contributed by atoms with Gasteiger partial charge in [0.05, 0.1) is 19.6 Å². The normalized spacial score (nSPS) is 15.6. The van der Waals surface area contributed by atoms with Gasteiger partial charge in [0.2, 0.25) is 0 Å². The van der Waals surface area contributed by atoms with Crippen molar-refractivity contribution in [1.29, 1.82) is 0 Å². The van der Waals surface area contributed by atoms with Crippen molar-refractivity contribution in [3.63, 3.8) is 0 Å². The number of carboxylic acids is 1. The van der Waals surface area contributed by atoms with E-state index in [1.807, 2.05) is 0 Å². The van der Waals surface area contributed by atoms with Crippen molar-refractivity contribution >= 4 is 18.6 Å². The van der Waals surface area contributed by atoms with E-state index in [1.54, 1.807) is 0 Å². The molecular weight excluding hydrogens is 184 g/mol. The Labute approximate surface area is 75.4 Å². The fraction of sp³-hybridized carbons (Fsp3) is 0.833. The Morgan fingerprint density at radius 3 is 2.58 bits per heavy atom. The van der Waals surface area contributed by atoms with Gasteiger partial charge in [-0.2, -0.15) is 0 Å². The molecule has 0 aliphatic carbocycles. The Hall–Kier alpha value is -0.300. The molecule has 0 aliphatic rings. The van der Waals surface area contributed by atoms with Gasteiger partial charge >= 0.3 is 5.97 Å². The second-order valence-electron chi connectivity index (χ2n) is 2.22. The molecule has 0 bridgehead atoms. The molecule has 12 heavy (non-hydrogen) atoms. The molecule has 0 aromatic carbocycles. The zero-order chi connectivity index (χ0) is 9.56. The number of hydrogen-bond acceptors (Lipinski definition) is 5. The first kappa shape index (κ1) is 11.7. The summed E-state index contributed by atoms with van der Waals surface area (Å²) in [6.07, 6.45) is -1.21. The predicted molar refractivity (Wildman–Crippen MR) is 44.1 cm³/mol. The van der Waals surface area contributed by atoms with Crippen LogP contribution in [0.2, 0.25) is 0 Å². The van der Waals surface area contributed by atoms with Gasteiger partial charge in [-0.25, -0.2) is 0 Å². The number of hydrogen-bond donors (Lipinski definition) is 4. The number of rotatable bonds is 6. The third-order valence-electron chi connectivity index (χ3n) is 1.04. The minimum atomic E-state index is -1.02. The number of carbonyl (C=O) groups is 1. The Balaban J connectivity index is 3.43. The lowest BCUT2D eigenvalue weighted by molar-refractivity contribution is -0.139. The molecule has 0 heterocycles. The number of aliphatic carboxylic acids is 1. The van der Waals surface area contributed by atoms with Gasteiger partial charge in [0.25, 0.3) is 0 Å². The molecule has 0 saturated heterocycles. The van der Waals surface area contributed by atoms with Gasteiger partial charge in [-0.3, -0.25) is 4.79 Å². The van der Waals surface area contributed by atoms with Gasteiger partial charge in [-0.15, -0.1) is 12.6 Å². The van der Waals surface area contributed by atoms with Crippen LogP contribution < -0.4 is 0 Å². The molecule has 0 aromatic heterocycles. The highest BCUT2D eigenvalue weighted by Crippen LogP contribution is 2.03. The Kier molecular flexibility index (Phi) is 6.09. The lowest BCUT2D eigenvalue weighted by Crippen LogP contribution is -2.23. The van der Waals surface area contributed by atoms with E-state index in [4.69, 9.17) is 20.1 Å². The Bertz CT molecular complexity index is 140. The third-order valence-corrected chi connectivity index (χ3v) is 1.37. The van der Waals surface area contributed by atoms with Gasteiger partial charge < -0.3 is 20.1 Å². The maximum Gasteiger partial charge on any atom is 0.306 e. The molecule has 0 saturated carbocycles. The SMILES string of the molecule is O=C(O)CC(S)OCC(O)CO. The third kappa shape index (κ3) is 6.41. The molecule has 2 unspecified atom stereocenters. The van der Waals surface area contributed by atoms with E-state index in [1.165, 1.54) is 0 Å². The fourth-order valence-corrected chi connectivity index (χ4v) is 0.725. The smallest absolute Gasteiger partial charge is 0.306 e. The molecule has 0 radical (unpaired) electrons. The van der Waals surface area contributed by atoms with Crippen LogP contribution in [0, 0.1) is 0 Å². The van der Waals surface area contributed by atoms with E-state index in [-0.39, 0.29) is 13.0 Å². The van der Waals surface area contributed by atoms with E-state index in [2.05, 4.69) is 12.6 Å². The molecule has 0 amide bonds. The van der Waals surface area contributed by atoms with Crippen molar-refractivity contribution in [3.05, 3.63) is 0 Å². The maximum absolute atomic E-state index is 10.1. The number of ether oxygens (including phenoxy) is 1. The van der Waals surface area contributed by atoms with Gasteiger partial charge in [-0.05, 0) is 0 Å². The van der Waals surface area contributed by atoms with Crippen LogP contribution in [0.3, 0.4) is 0 Å². The second kappa shape index (κ2) is 6.24. The van der Waals surface area contributed by atoms with Crippen molar-refractivity contribution in [3.8, 4) is 0 Å². The average Bonchev–Trinajstić information content (AvgIpc) is 1.99. The predicted octanol–water partition coefficient (Wildman–Crippen LogP) is -0.913. The Morgan fingerprint density at radius 2 is 2.17 bits per heavy atom. The summed E-state index contributed by atoms with van der Waals surface area (Å²) in [5.41, 5.74) is -0.747. The maximum atomic E-state index is 10.1. The van der Waals surface area contributed by atoms with Crippen LogP contribution in [-0.4, -0.2) is 46.0 Å². The first-order valence-electron chi connectivity index (χ1n) is 3.36. The summed E-state index contributed by atoms with van der Waals surface area (Å²) in [6.45, 7) is -0.522. The topological polar surface area (TPSA) is 87.0 Å². The van der Waals surface area contributed by atoms with Gasteiger partial charge in [0, 0.05) is 0 Å². The van der Waals surface area contributed by atoms with Crippen molar-refractivity contribution < 1.29 is 24.9 Å². The molecule has 72 valence electrons.